The topological polar surface area (TPSA) is 9.23 Å². The second-order valence-corrected chi connectivity index (χ2v) is 12.9. The van der Waals surface area contributed by atoms with E-state index in [4.69, 9.17) is 4.74 Å². The van der Waals surface area contributed by atoms with Crippen LogP contribution in [0.15, 0.2) is 12.2 Å². The van der Waals surface area contributed by atoms with Gasteiger partial charge in [0.1, 0.15) is 0 Å². The van der Waals surface area contributed by atoms with Gasteiger partial charge >= 0.3 is 0 Å². The first-order valence-corrected chi connectivity index (χ1v) is 11.3. The summed E-state index contributed by atoms with van der Waals surface area (Å²) in [4.78, 5) is 0. The normalized spacial score (nSPS) is 19.8. The summed E-state index contributed by atoms with van der Waals surface area (Å²) >= 11 is 0. The van der Waals surface area contributed by atoms with E-state index in [1.54, 1.807) is 0 Å². The summed E-state index contributed by atoms with van der Waals surface area (Å²) in [6.45, 7) is 15.5. The highest BCUT2D eigenvalue weighted by atomic mass is 28.3. The zero-order valence-corrected chi connectivity index (χ0v) is 13.9. The summed E-state index contributed by atoms with van der Waals surface area (Å²) in [6, 6.07) is 1.28. The van der Waals surface area contributed by atoms with E-state index in [1.807, 2.05) is 0 Å². The van der Waals surface area contributed by atoms with E-state index in [0.29, 0.717) is 5.92 Å². The van der Waals surface area contributed by atoms with Crippen LogP contribution in [0.5, 0.6) is 0 Å². The number of hydrogen-bond acceptors (Lipinski definition) is 1. The van der Waals surface area contributed by atoms with Crippen molar-refractivity contribution < 1.29 is 4.74 Å². The molecule has 0 aromatic carbocycles. The van der Waals surface area contributed by atoms with E-state index in [1.165, 1.54) is 43.7 Å². The van der Waals surface area contributed by atoms with Crippen LogP contribution >= 0.6 is 0 Å². The molecule has 0 amide bonds. The van der Waals surface area contributed by atoms with E-state index in [0.717, 1.165) is 19.1 Å². The van der Waals surface area contributed by atoms with Crippen molar-refractivity contribution in [2.75, 3.05) is 13.2 Å². The van der Waals surface area contributed by atoms with Crippen LogP contribution < -0.4 is 0 Å². The Morgan fingerprint density at radius 2 is 1.83 bits per heavy atom. The van der Waals surface area contributed by atoms with Crippen LogP contribution in [0, 0.1) is 11.8 Å². The van der Waals surface area contributed by atoms with Crippen molar-refractivity contribution in [2.24, 2.45) is 11.8 Å². The third kappa shape index (κ3) is 6.19. The average molecular weight is 269 g/mol. The van der Waals surface area contributed by atoms with Crippen molar-refractivity contribution >= 4 is 8.07 Å². The third-order valence-corrected chi connectivity index (χ3v) is 5.85. The maximum atomic E-state index is 5.96. The highest BCUT2D eigenvalue weighted by molar-refractivity contribution is 6.76. The van der Waals surface area contributed by atoms with Gasteiger partial charge in [-0.15, -0.1) is 0 Å². The first-order chi connectivity index (χ1) is 8.40. The van der Waals surface area contributed by atoms with Crippen LogP contribution in [-0.4, -0.2) is 21.3 Å². The molecule has 1 aliphatic carbocycles. The predicted octanol–water partition coefficient (Wildman–Crippen LogP) is 5.11. The van der Waals surface area contributed by atoms with E-state index >= 15 is 0 Å². The molecule has 0 aromatic rings. The maximum absolute atomic E-state index is 5.96. The van der Waals surface area contributed by atoms with Gasteiger partial charge in [0.2, 0.25) is 0 Å². The van der Waals surface area contributed by atoms with Gasteiger partial charge in [-0.05, 0) is 31.7 Å². The highest BCUT2D eigenvalue weighted by Crippen LogP contribution is 2.33. The van der Waals surface area contributed by atoms with Crippen molar-refractivity contribution in [3.05, 3.63) is 12.2 Å². The Balaban J connectivity index is 2.32. The van der Waals surface area contributed by atoms with Crippen molar-refractivity contribution in [1.29, 1.82) is 0 Å². The lowest BCUT2D eigenvalue weighted by Crippen LogP contribution is -2.26. The van der Waals surface area contributed by atoms with Crippen molar-refractivity contribution in [2.45, 2.75) is 64.7 Å². The standard InChI is InChI=1S/C16H32OSi/c1-14(2)16(15-9-7-6-8-10-15)13-17-11-12-18(3,4)5/h15-16H,1,6-13H2,2-5H3. The molecule has 18 heavy (non-hydrogen) atoms. The molecule has 0 bridgehead atoms. The van der Waals surface area contributed by atoms with Gasteiger partial charge in [-0.2, -0.15) is 0 Å². The first-order valence-electron chi connectivity index (χ1n) is 7.63. The fraction of sp³-hybridized carbons (Fsp3) is 0.875. The molecule has 2 heteroatoms. The molecule has 1 unspecified atom stereocenters. The van der Waals surface area contributed by atoms with E-state index in [2.05, 4.69) is 33.1 Å². The Hall–Kier alpha value is -0.0831. The second kappa shape index (κ2) is 7.49. The van der Waals surface area contributed by atoms with Gasteiger partial charge in [-0.25, -0.2) is 0 Å². The summed E-state index contributed by atoms with van der Waals surface area (Å²) in [5.41, 5.74) is 1.33. The lowest BCUT2D eigenvalue weighted by molar-refractivity contribution is 0.0895. The van der Waals surface area contributed by atoms with Crippen molar-refractivity contribution in [3.63, 3.8) is 0 Å². The van der Waals surface area contributed by atoms with Crippen LogP contribution in [0.2, 0.25) is 25.7 Å². The smallest absolute Gasteiger partial charge is 0.0533 e. The van der Waals surface area contributed by atoms with Gasteiger partial charge in [-0.1, -0.05) is 51.1 Å². The molecule has 0 saturated heterocycles. The minimum atomic E-state index is -0.943. The number of hydrogen-bond donors (Lipinski definition) is 0. The van der Waals surface area contributed by atoms with E-state index < -0.39 is 8.07 Å². The minimum Gasteiger partial charge on any atom is -0.381 e. The van der Waals surface area contributed by atoms with Gasteiger partial charge < -0.3 is 4.74 Å². The maximum Gasteiger partial charge on any atom is 0.0533 e. The molecule has 1 aliphatic rings. The summed E-state index contributed by atoms with van der Waals surface area (Å²) in [6.07, 6.45) is 7.01. The summed E-state index contributed by atoms with van der Waals surface area (Å²) < 4.78 is 5.96. The van der Waals surface area contributed by atoms with Crippen LogP contribution in [0.25, 0.3) is 0 Å². The molecule has 0 heterocycles. The highest BCUT2D eigenvalue weighted by Gasteiger charge is 2.24. The number of ether oxygens (including phenoxy) is 1. The van der Waals surface area contributed by atoms with Gasteiger partial charge in [0.05, 0.1) is 6.61 Å². The zero-order valence-electron chi connectivity index (χ0n) is 12.9. The Morgan fingerprint density at radius 3 is 2.33 bits per heavy atom. The molecule has 1 nitrogen and oxygen atoms in total. The lowest BCUT2D eigenvalue weighted by Gasteiger charge is -2.30. The molecular weight excluding hydrogens is 236 g/mol. The Labute approximate surface area is 115 Å². The Morgan fingerprint density at radius 1 is 1.22 bits per heavy atom. The summed E-state index contributed by atoms with van der Waals surface area (Å²) in [5.74, 6) is 1.44. The van der Waals surface area contributed by atoms with Crippen LogP contribution in [-0.2, 0) is 4.74 Å². The lowest BCUT2D eigenvalue weighted by atomic mass is 9.77. The second-order valence-electron chi connectivity index (χ2n) is 7.24. The molecular formula is C16H32OSi. The molecule has 106 valence electrons. The van der Waals surface area contributed by atoms with Crippen molar-refractivity contribution in [3.8, 4) is 0 Å². The molecule has 1 saturated carbocycles. The Kier molecular flexibility index (Phi) is 6.65. The van der Waals surface area contributed by atoms with Gasteiger partial charge in [0.15, 0.2) is 0 Å². The van der Waals surface area contributed by atoms with Gasteiger partial charge in [-0.3, -0.25) is 0 Å². The van der Waals surface area contributed by atoms with Gasteiger partial charge in [0, 0.05) is 20.6 Å². The fourth-order valence-electron chi connectivity index (χ4n) is 2.81. The first kappa shape index (κ1) is 16.0. The molecule has 0 N–H and O–H groups in total. The quantitative estimate of drug-likeness (QED) is 0.354. The molecule has 0 aromatic heterocycles. The minimum absolute atomic E-state index is 0.604. The van der Waals surface area contributed by atoms with E-state index in [9.17, 15) is 0 Å². The molecule has 1 rings (SSSR count). The molecule has 1 atom stereocenters. The summed E-state index contributed by atoms with van der Waals surface area (Å²) in [5, 5.41) is 0. The predicted molar refractivity (Wildman–Crippen MR) is 83.9 cm³/mol. The zero-order chi connectivity index (χ0) is 13.6. The number of rotatable bonds is 7. The molecule has 0 aliphatic heterocycles. The third-order valence-electron chi connectivity index (χ3n) is 4.15. The Bertz CT molecular complexity index is 248. The molecule has 1 fully saturated rings. The summed E-state index contributed by atoms with van der Waals surface area (Å²) in [7, 11) is -0.943. The van der Waals surface area contributed by atoms with Crippen molar-refractivity contribution in [1.82, 2.24) is 0 Å². The molecule has 0 spiro atoms. The largest absolute Gasteiger partial charge is 0.381 e. The van der Waals surface area contributed by atoms with Gasteiger partial charge in [0.25, 0.3) is 0 Å². The van der Waals surface area contributed by atoms with Crippen LogP contribution in [0.1, 0.15) is 39.0 Å². The fourth-order valence-corrected chi connectivity index (χ4v) is 3.56. The van der Waals surface area contributed by atoms with Crippen LogP contribution in [0.4, 0.5) is 0 Å². The average Bonchev–Trinajstić information content (AvgIpc) is 2.28. The molecule has 0 radical (unpaired) electrons. The SMILES string of the molecule is C=C(C)C(COCC[Si](C)(C)C)C1CCCCC1. The monoisotopic (exact) mass is 268 g/mol. The van der Waals surface area contributed by atoms with E-state index in [-0.39, 0.29) is 0 Å². The van der Waals surface area contributed by atoms with Crippen LogP contribution in [0.3, 0.4) is 0 Å².